The lowest BCUT2D eigenvalue weighted by Gasteiger charge is -2.21. The lowest BCUT2D eigenvalue weighted by molar-refractivity contribution is 1.14. The topological polar surface area (TPSA) is 0 Å². The van der Waals surface area contributed by atoms with Gasteiger partial charge in [0.15, 0.2) is 0 Å². The maximum atomic E-state index is 2.37. The van der Waals surface area contributed by atoms with Crippen LogP contribution in [-0.2, 0) is 12.8 Å². The Bertz CT molecular complexity index is 1230. The highest BCUT2D eigenvalue weighted by Crippen LogP contribution is 2.37. The summed E-state index contributed by atoms with van der Waals surface area (Å²) in [5.74, 6) is 0. The summed E-state index contributed by atoms with van der Waals surface area (Å²) in [6.07, 6.45) is 1.90. The van der Waals surface area contributed by atoms with E-state index in [2.05, 4.69) is 99.6 Å². The molecule has 0 aromatic heterocycles. The standard InChI is InChI=1S/C29H26/c1-19-9-12-27-24(14-19)17-22-6-4-5-7-26(22)29-16-21(3)8-11-23(29)18-25-15-20(2)10-13-28(25)27/h4-16H,17-18H2,1-3H3. The van der Waals surface area contributed by atoms with Crippen LogP contribution in [0.1, 0.15) is 38.9 Å². The number of fused-ring (bicyclic) bond motifs is 6. The lowest BCUT2D eigenvalue weighted by atomic mass is 9.83. The molecule has 0 nitrogen and oxygen atoms in total. The molecular weight excluding hydrogens is 348 g/mol. The molecule has 4 aromatic rings. The van der Waals surface area contributed by atoms with E-state index in [-0.39, 0.29) is 0 Å². The van der Waals surface area contributed by atoms with Gasteiger partial charge in [0, 0.05) is 0 Å². The summed E-state index contributed by atoms with van der Waals surface area (Å²) in [5, 5.41) is 0. The summed E-state index contributed by atoms with van der Waals surface area (Å²) in [6.45, 7) is 6.58. The van der Waals surface area contributed by atoms with Crippen molar-refractivity contribution >= 4 is 0 Å². The molecule has 142 valence electrons. The van der Waals surface area contributed by atoms with Crippen molar-refractivity contribution < 1.29 is 0 Å². The van der Waals surface area contributed by atoms with E-state index in [0.717, 1.165) is 12.8 Å². The smallest absolute Gasteiger partial charge is 0.00134 e. The average molecular weight is 375 g/mol. The molecule has 0 saturated carbocycles. The largest absolute Gasteiger partial charge is 0.0619 e. The van der Waals surface area contributed by atoms with E-state index in [1.54, 1.807) is 0 Å². The van der Waals surface area contributed by atoms with Gasteiger partial charge in [0.2, 0.25) is 0 Å². The summed E-state index contributed by atoms with van der Waals surface area (Å²) in [7, 11) is 0. The number of rotatable bonds is 0. The average Bonchev–Trinajstić information content (AvgIpc) is 2.70. The Balaban J connectivity index is 1.85. The van der Waals surface area contributed by atoms with Crippen LogP contribution in [0.3, 0.4) is 0 Å². The Morgan fingerprint density at radius 2 is 0.897 bits per heavy atom. The Labute approximate surface area is 173 Å². The van der Waals surface area contributed by atoms with Gasteiger partial charge in [-0.1, -0.05) is 95.6 Å². The Hall–Kier alpha value is -3.12. The second-order valence-corrected chi connectivity index (χ2v) is 8.49. The van der Waals surface area contributed by atoms with Gasteiger partial charge in [-0.2, -0.15) is 0 Å². The summed E-state index contributed by atoms with van der Waals surface area (Å²) >= 11 is 0. The van der Waals surface area contributed by atoms with E-state index in [4.69, 9.17) is 0 Å². The highest BCUT2D eigenvalue weighted by Gasteiger charge is 2.18. The fourth-order valence-corrected chi connectivity index (χ4v) is 4.71. The summed E-state index contributed by atoms with van der Waals surface area (Å²) in [6, 6.07) is 29.7. The molecule has 0 spiro atoms. The van der Waals surface area contributed by atoms with E-state index < -0.39 is 0 Å². The molecular formula is C29H26. The van der Waals surface area contributed by atoms with Crippen LogP contribution in [0.5, 0.6) is 0 Å². The zero-order chi connectivity index (χ0) is 20.0. The number of hydrogen-bond acceptors (Lipinski definition) is 0. The molecule has 0 radical (unpaired) electrons. The molecule has 0 heteroatoms. The van der Waals surface area contributed by atoms with Gasteiger partial charge in [-0.3, -0.25) is 0 Å². The Morgan fingerprint density at radius 1 is 0.414 bits per heavy atom. The SMILES string of the molecule is Cc1ccc2c(c1)Cc1ccccc1-c1cc(C)ccc1Cc1cc(C)ccc1-2. The third kappa shape index (κ3) is 3.29. The number of aryl methyl sites for hydroxylation is 3. The molecule has 4 aromatic carbocycles. The minimum atomic E-state index is 0.952. The summed E-state index contributed by atoms with van der Waals surface area (Å²) in [4.78, 5) is 0. The predicted octanol–water partition coefficient (Wildman–Crippen LogP) is 7.44. The fourth-order valence-electron chi connectivity index (χ4n) is 4.71. The van der Waals surface area contributed by atoms with Crippen LogP contribution in [0.2, 0.25) is 0 Å². The Morgan fingerprint density at radius 3 is 1.55 bits per heavy atom. The summed E-state index contributed by atoms with van der Waals surface area (Å²) in [5.41, 5.74) is 15.1. The first-order valence-corrected chi connectivity index (χ1v) is 10.5. The molecule has 0 atom stereocenters. The number of hydrogen-bond donors (Lipinski definition) is 0. The Kier molecular flexibility index (Phi) is 4.36. The second kappa shape index (κ2) is 7.04. The van der Waals surface area contributed by atoms with Gasteiger partial charge in [-0.05, 0) is 78.1 Å². The van der Waals surface area contributed by atoms with Crippen LogP contribution < -0.4 is 0 Å². The zero-order valence-electron chi connectivity index (χ0n) is 17.4. The highest BCUT2D eigenvalue weighted by atomic mass is 14.2. The first-order valence-electron chi connectivity index (χ1n) is 10.5. The van der Waals surface area contributed by atoms with Gasteiger partial charge in [0.25, 0.3) is 0 Å². The molecule has 0 amide bonds. The lowest BCUT2D eigenvalue weighted by Crippen LogP contribution is -2.03. The van der Waals surface area contributed by atoms with E-state index in [1.165, 1.54) is 61.2 Å². The van der Waals surface area contributed by atoms with Crippen molar-refractivity contribution in [3.63, 3.8) is 0 Å². The maximum Gasteiger partial charge on any atom is -0.00134 e. The predicted molar refractivity (Wildman–Crippen MR) is 124 cm³/mol. The van der Waals surface area contributed by atoms with Crippen molar-refractivity contribution in [1.29, 1.82) is 0 Å². The van der Waals surface area contributed by atoms with Gasteiger partial charge in [-0.25, -0.2) is 0 Å². The van der Waals surface area contributed by atoms with Crippen LogP contribution in [0.4, 0.5) is 0 Å². The van der Waals surface area contributed by atoms with Gasteiger partial charge in [0.1, 0.15) is 0 Å². The molecule has 0 heterocycles. The molecule has 1 aliphatic carbocycles. The molecule has 0 saturated heterocycles. The fraction of sp³-hybridized carbons (Fsp3) is 0.172. The van der Waals surface area contributed by atoms with E-state index in [1.807, 2.05) is 0 Å². The van der Waals surface area contributed by atoms with E-state index >= 15 is 0 Å². The number of benzene rings is 4. The van der Waals surface area contributed by atoms with Crippen LogP contribution >= 0.6 is 0 Å². The maximum absolute atomic E-state index is 2.37. The van der Waals surface area contributed by atoms with Crippen molar-refractivity contribution in [2.45, 2.75) is 33.6 Å². The third-order valence-corrected chi connectivity index (χ3v) is 6.15. The molecule has 0 unspecified atom stereocenters. The van der Waals surface area contributed by atoms with Crippen LogP contribution in [0.15, 0.2) is 78.9 Å². The van der Waals surface area contributed by atoms with Gasteiger partial charge in [0.05, 0.1) is 0 Å². The van der Waals surface area contributed by atoms with E-state index in [9.17, 15) is 0 Å². The molecule has 29 heavy (non-hydrogen) atoms. The first-order chi connectivity index (χ1) is 14.1. The zero-order valence-corrected chi connectivity index (χ0v) is 17.4. The van der Waals surface area contributed by atoms with Crippen molar-refractivity contribution in [1.82, 2.24) is 0 Å². The van der Waals surface area contributed by atoms with Gasteiger partial charge in [-0.15, -0.1) is 0 Å². The van der Waals surface area contributed by atoms with Crippen LogP contribution in [0.25, 0.3) is 22.3 Å². The van der Waals surface area contributed by atoms with Crippen LogP contribution in [-0.4, -0.2) is 0 Å². The summed E-state index contributed by atoms with van der Waals surface area (Å²) < 4.78 is 0. The molecule has 0 fully saturated rings. The minimum absolute atomic E-state index is 0.952. The molecule has 1 aliphatic rings. The van der Waals surface area contributed by atoms with Crippen molar-refractivity contribution in [2.75, 3.05) is 0 Å². The normalized spacial score (nSPS) is 12.4. The van der Waals surface area contributed by atoms with Gasteiger partial charge < -0.3 is 0 Å². The second-order valence-electron chi connectivity index (χ2n) is 8.49. The van der Waals surface area contributed by atoms with Crippen molar-refractivity contribution in [3.8, 4) is 22.3 Å². The van der Waals surface area contributed by atoms with Crippen molar-refractivity contribution in [2.24, 2.45) is 0 Å². The minimum Gasteiger partial charge on any atom is -0.0619 e. The van der Waals surface area contributed by atoms with Crippen LogP contribution in [0, 0.1) is 20.8 Å². The van der Waals surface area contributed by atoms with Crippen molar-refractivity contribution in [3.05, 3.63) is 118 Å². The molecule has 0 aliphatic heterocycles. The monoisotopic (exact) mass is 374 g/mol. The van der Waals surface area contributed by atoms with E-state index in [0.29, 0.717) is 0 Å². The van der Waals surface area contributed by atoms with Gasteiger partial charge >= 0.3 is 0 Å². The third-order valence-electron chi connectivity index (χ3n) is 6.15. The molecule has 0 N–H and O–H groups in total. The first kappa shape index (κ1) is 17.9. The molecule has 0 bridgehead atoms. The quantitative estimate of drug-likeness (QED) is 0.264. The molecule has 5 rings (SSSR count). The highest BCUT2D eigenvalue weighted by molar-refractivity contribution is 5.78.